The van der Waals surface area contributed by atoms with Crippen LogP contribution in [0.1, 0.15) is 34.1 Å². The maximum atomic E-state index is 5.36. The summed E-state index contributed by atoms with van der Waals surface area (Å²) in [6.07, 6.45) is 4.37. The molecule has 60 valence electrons. The van der Waals surface area contributed by atoms with Gasteiger partial charge in [0.2, 0.25) is 0 Å². The first kappa shape index (κ1) is 11.9. The third-order valence-corrected chi connectivity index (χ3v) is 0.752. The second kappa shape index (κ2) is 11.1. The van der Waals surface area contributed by atoms with Gasteiger partial charge in [0, 0.05) is 12.6 Å². The zero-order valence-electron chi connectivity index (χ0n) is 7.39. The highest BCUT2D eigenvalue weighted by Crippen LogP contribution is 1.78. The summed E-state index contributed by atoms with van der Waals surface area (Å²) in [6, 6.07) is 0. The largest absolute Gasteiger partial charge is 0.387 e. The van der Waals surface area contributed by atoms with E-state index in [4.69, 9.17) is 5.73 Å². The zero-order valence-corrected chi connectivity index (χ0v) is 7.39. The lowest BCUT2D eigenvalue weighted by Gasteiger charge is -1.86. The molecular formula is C8H18N2. The van der Waals surface area contributed by atoms with Crippen LogP contribution in [0.15, 0.2) is 17.3 Å². The summed E-state index contributed by atoms with van der Waals surface area (Å²) in [5, 5.41) is 0. The van der Waals surface area contributed by atoms with Crippen molar-refractivity contribution in [3.8, 4) is 0 Å². The average Bonchev–Trinajstić information content (AvgIpc) is 2.04. The van der Waals surface area contributed by atoms with E-state index in [0.717, 1.165) is 6.42 Å². The van der Waals surface area contributed by atoms with Crippen LogP contribution in [-0.2, 0) is 0 Å². The first-order chi connectivity index (χ1) is 4.81. The van der Waals surface area contributed by atoms with Gasteiger partial charge in [-0.2, -0.15) is 0 Å². The Bertz CT molecular complexity index is 104. The summed E-state index contributed by atoms with van der Waals surface area (Å²) in [5.74, 6) is 0.683. The molecule has 0 rings (SSSR count). The Morgan fingerprint density at radius 1 is 1.50 bits per heavy atom. The van der Waals surface area contributed by atoms with Crippen LogP contribution >= 0.6 is 0 Å². The number of allylic oxidation sites excluding steroid dienone is 1. The number of hydrogen-bond acceptors (Lipinski definition) is 1. The minimum absolute atomic E-state index is 0.683. The van der Waals surface area contributed by atoms with Crippen LogP contribution in [0.5, 0.6) is 0 Å². The van der Waals surface area contributed by atoms with Crippen molar-refractivity contribution in [3.05, 3.63) is 12.3 Å². The molecule has 0 aromatic carbocycles. The summed E-state index contributed by atoms with van der Waals surface area (Å²) < 4.78 is 0. The quantitative estimate of drug-likeness (QED) is 0.466. The van der Waals surface area contributed by atoms with E-state index < -0.39 is 0 Å². The molecule has 0 aliphatic heterocycles. The molecule has 0 aromatic rings. The van der Waals surface area contributed by atoms with Gasteiger partial charge in [-0.15, -0.1) is 0 Å². The van der Waals surface area contributed by atoms with E-state index in [1.807, 2.05) is 33.8 Å². The van der Waals surface area contributed by atoms with Crippen molar-refractivity contribution in [3.63, 3.8) is 0 Å². The van der Waals surface area contributed by atoms with Crippen LogP contribution in [-0.4, -0.2) is 5.84 Å². The SMILES string of the molecule is C/C=C\N=C(N)CC.CC. The Hall–Kier alpha value is -0.790. The van der Waals surface area contributed by atoms with E-state index in [1.54, 1.807) is 6.20 Å². The molecule has 2 nitrogen and oxygen atoms in total. The molecule has 0 atom stereocenters. The smallest absolute Gasteiger partial charge is 0.0986 e. The van der Waals surface area contributed by atoms with Crippen molar-refractivity contribution in [2.45, 2.75) is 34.1 Å². The highest BCUT2D eigenvalue weighted by Gasteiger charge is 1.77. The molecule has 0 saturated carbocycles. The Morgan fingerprint density at radius 2 is 2.00 bits per heavy atom. The maximum Gasteiger partial charge on any atom is 0.0986 e. The van der Waals surface area contributed by atoms with Crippen LogP contribution in [0.4, 0.5) is 0 Å². The average molecular weight is 142 g/mol. The fourth-order valence-corrected chi connectivity index (χ4v) is 0.262. The molecule has 2 N–H and O–H groups in total. The minimum atomic E-state index is 0.683. The van der Waals surface area contributed by atoms with E-state index in [2.05, 4.69) is 4.99 Å². The van der Waals surface area contributed by atoms with Crippen LogP contribution in [0, 0.1) is 0 Å². The Kier molecular flexibility index (Phi) is 13.2. The summed E-state index contributed by atoms with van der Waals surface area (Å²) in [6.45, 7) is 7.88. The van der Waals surface area contributed by atoms with Gasteiger partial charge in [-0.25, -0.2) is 4.99 Å². The molecular weight excluding hydrogens is 124 g/mol. The third kappa shape index (κ3) is 10.2. The predicted octanol–water partition coefficient (Wildman–Crippen LogP) is 2.31. The molecule has 0 amide bonds. The summed E-state index contributed by atoms with van der Waals surface area (Å²) in [7, 11) is 0. The monoisotopic (exact) mass is 142 g/mol. The third-order valence-electron chi connectivity index (χ3n) is 0.752. The molecule has 10 heavy (non-hydrogen) atoms. The summed E-state index contributed by atoms with van der Waals surface area (Å²) in [5.41, 5.74) is 5.36. The molecule has 0 spiro atoms. The van der Waals surface area contributed by atoms with Gasteiger partial charge in [-0.1, -0.05) is 26.8 Å². The van der Waals surface area contributed by atoms with E-state index in [0.29, 0.717) is 5.84 Å². The summed E-state index contributed by atoms with van der Waals surface area (Å²) in [4.78, 5) is 3.88. The number of rotatable bonds is 2. The van der Waals surface area contributed by atoms with Crippen molar-refractivity contribution < 1.29 is 0 Å². The maximum absolute atomic E-state index is 5.36. The Balaban J connectivity index is 0. The van der Waals surface area contributed by atoms with Crippen LogP contribution < -0.4 is 5.73 Å². The predicted molar refractivity (Wildman–Crippen MR) is 48.1 cm³/mol. The molecule has 0 saturated heterocycles. The number of aliphatic imine (C=N–C) groups is 1. The number of nitrogens with two attached hydrogens (primary N) is 1. The van der Waals surface area contributed by atoms with E-state index in [-0.39, 0.29) is 0 Å². The van der Waals surface area contributed by atoms with E-state index >= 15 is 0 Å². The lowest BCUT2D eigenvalue weighted by atomic mass is 10.5. The van der Waals surface area contributed by atoms with Gasteiger partial charge in [0.15, 0.2) is 0 Å². The summed E-state index contributed by atoms with van der Waals surface area (Å²) >= 11 is 0. The Labute approximate surface area is 63.8 Å². The molecule has 0 aromatic heterocycles. The second-order valence-electron chi connectivity index (χ2n) is 1.46. The standard InChI is InChI=1S/C6H12N2.C2H6/c1-3-5-8-6(7)4-2;1-2/h3,5H,4H2,1-2H3,(H2,7,8);1-2H3/b5-3-;. The highest BCUT2D eigenvalue weighted by molar-refractivity contribution is 5.80. The van der Waals surface area contributed by atoms with Crippen LogP contribution in [0.3, 0.4) is 0 Å². The first-order valence-corrected chi connectivity index (χ1v) is 3.74. The van der Waals surface area contributed by atoms with Gasteiger partial charge >= 0.3 is 0 Å². The number of nitrogens with zero attached hydrogens (tertiary/aromatic N) is 1. The second-order valence-corrected chi connectivity index (χ2v) is 1.46. The van der Waals surface area contributed by atoms with Crippen LogP contribution in [0.25, 0.3) is 0 Å². The highest BCUT2D eigenvalue weighted by atomic mass is 14.8. The van der Waals surface area contributed by atoms with Gasteiger partial charge < -0.3 is 5.73 Å². The number of amidine groups is 1. The minimum Gasteiger partial charge on any atom is -0.387 e. The van der Waals surface area contributed by atoms with E-state index in [9.17, 15) is 0 Å². The van der Waals surface area contributed by atoms with Crippen molar-refractivity contribution in [2.75, 3.05) is 0 Å². The fraction of sp³-hybridized carbons (Fsp3) is 0.625. The molecule has 2 heteroatoms. The molecule has 0 fully saturated rings. The molecule has 0 aliphatic rings. The molecule has 0 bridgehead atoms. The van der Waals surface area contributed by atoms with Crippen molar-refractivity contribution in [1.29, 1.82) is 0 Å². The molecule has 0 radical (unpaired) electrons. The van der Waals surface area contributed by atoms with Gasteiger partial charge in [0.1, 0.15) is 0 Å². The van der Waals surface area contributed by atoms with Gasteiger partial charge in [0.25, 0.3) is 0 Å². The molecule has 0 heterocycles. The topological polar surface area (TPSA) is 38.4 Å². The lowest BCUT2D eigenvalue weighted by molar-refractivity contribution is 1.23. The van der Waals surface area contributed by atoms with Gasteiger partial charge in [-0.05, 0) is 6.92 Å². The van der Waals surface area contributed by atoms with Crippen molar-refractivity contribution in [2.24, 2.45) is 10.7 Å². The first-order valence-electron chi connectivity index (χ1n) is 3.74. The van der Waals surface area contributed by atoms with Crippen LogP contribution in [0.2, 0.25) is 0 Å². The Morgan fingerprint density at radius 3 is 2.30 bits per heavy atom. The molecule has 0 aliphatic carbocycles. The fourth-order valence-electron chi connectivity index (χ4n) is 0.262. The van der Waals surface area contributed by atoms with Gasteiger partial charge in [-0.3, -0.25) is 0 Å². The molecule has 0 unspecified atom stereocenters. The van der Waals surface area contributed by atoms with Gasteiger partial charge in [0.05, 0.1) is 5.84 Å². The number of hydrogen-bond donors (Lipinski definition) is 1. The van der Waals surface area contributed by atoms with Crippen molar-refractivity contribution in [1.82, 2.24) is 0 Å². The lowest BCUT2D eigenvalue weighted by Crippen LogP contribution is -2.08. The van der Waals surface area contributed by atoms with E-state index in [1.165, 1.54) is 0 Å². The normalized spacial score (nSPS) is 11.0. The zero-order chi connectivity index (χ0) is 8.41. The van der Waals surface area contributed by atoms with Crippen molar-refractivity contribution >= 4 is 5.84 Å².